The second-order valence-electron chi connectivity index (χ2n) is 10.2. The molecule has 1 aliphatic carbocycles. The number of ether oxygens (including phenoxy) is 2. The summed E-state index contributed by atoms with van der Waals surface area (Å²) in [5.74, 6) is 2.44. The lowest BCUT2D eigenvalue weighted by Crippen LogP contribution is -2.14. The molecule has 1 saturated carbocycles. The first-order valence-corrected chi connectivity index (χ1v) is 13.8. The van der Waals surface area contributed by atoms with Gasteiger partial charge in [-0.1, -0.05) is 47.7 Å². The number of hydrogen-bond acceptors (Lipinski definition) is 9. The molecule has 0 amide bonds. The number of H-pyrrole nitrogens is 2. The van der Waals surface area contributed by atoms with Gasteiger partial charge in [-0.3, -0.25) is 4.79 Å². The van der Waals surface area contributed by atoms with Crippen molar-refractivity contribution in [2.24, 2.45) is 0 Å². The van der Waals surface area contributed by atoms with Gasteiger partial charge in [0.15, 0.2) is 17.0 Å². The van der Waals surface area contributed by atoms with Gasteiger partial charge < -0.3 is 14.5 Å². The van der Waals surface area contributed by atoms with Crippen molar-refractivity contribution in [1.29, 1.82) is 0 Å². The van der Waals surface area contributed by atoms with E-state index >= 15 is 0 Å². The third-order valence-electron chi connectivity index (χ3n) is 7.53. The lowest BCUT2D eigenvalue weighted by Gasteiger charge is -2.18. The van der Waals surface area contributed by atoms with Crippen molar-refractivity contribution in [3.63, 3.8) is 0 Å². The number of tetrazole rings is 1. The fourth-order valence-electron chi connectivity index (χ4n) is 5.29. The molecular weight excluding hydrogens is 534 g/mol. The average molecular weight is 562 g/mol. The largest absolute Gasteiger partial charge is 0.497 e. The second-order valence-corrected chi connectivity index (χ2v) is 10.2. The zero-order chi connectivity index (χ0) is 28.5. The Bertz CT molecular complexity index is 1890. The quantitative estimate of drug-likeness (QED) is 0.276. The molecule has 0 saturated heterocycles. The van der Waals surface area contributed by atoms with E-state index in [0.29, 0.717) is 35.2 Å². The Balaban J connectivity index is 1.26. The Morgan fingerprint density at radius 2 is 1.67 bits per heavy atom. The van der Waals surface area contributed by atoms with Crippen molar-refractivity contribution in [3.05, 3.63) is 82.6 Å². The Morgan fingerprint density at radius 1 is 0.905 bits per heavy atom. The van der Waals surface area contributed by atoms with Gasteiger partial charge in [-0.25, -0.2) is 14.8 Å². The van der Waals surface area contributed by atoms with E-state index < -0.39 is 0 Å². The van der Waals surface area contributed by atoms with E-state index in [-0.39, 0.29) is 17.2 Å². The predicted octanol–water partition coefficient (Wildman–Crippen LogP) is 4.41. The van der Waals surface area contributed by atoms with Crippen LogP contribution in [0.3, 0.4) is 0 Å². The summed E-state index contributed by atoms with van der Waals surface area (Å²) in [6, 6.07) is 21.6. The molecular formula is C30H27N9O3. The lowest BCUT2D eigenvalue weighted by molar-refractivity contribution is 0.211. The molecule has 0 aliphatic heterocycles. The van der Waals surface area contributed by atoms with E-state index in [0.717, 1.165) is 53.7 Å². The molecule has 2 N–H and O–H groups in total. The van der Waals surface area contributed by atoms with Crippen LogP contribution in [0, 0.1) is 0 Å². The fraction of sp³-hybridized carbons (Fsp3) is 0.233. The standard InChI is InChI=1S/C30H27N9O3/c1-41-22-13-6-18(7-14-22)17-39-29-26(33-38-39)30(40)32-28(31-29)24-15-12-21(16-25(24)42-23-4-2-3-5-23)19-8-10-20(11-9-19)27-34-36-37-35-27/h6-16,23H,2-5,17H2,1H3,(H,31,32,40)(H,34,35,36,37). The zero-order valence-corrected chi connectivity index (χ0v) is 22.8. The topological polar surface area (TPSA) is 149 Å². The summed E-state index contributed by atoms with van der Waals surface area (Å²) in [6.07, 6.45) is 4.36. The van der Waals surface area contributed by atoms with Crippen LogP contribution in [0.15, 0.2) is 71.5 Å². The van der Waals surface area contributed by atoms with Gasteiger partial charge in [0.25, 0.3) is 5.56 Å². The van der Waals surface area contributed by atoms with E-state index in [1.54, 1.807) is 11.8 Å². The molecule has 3 heterocycles. The van der Waals surface area contributed by atoms with Gasteiger partial charge in [0.05, 0.1) is 25.3 Å². The third kappa shape index (κ3) is 4.98. The summed E-state index contributed by atoms with van der Waals surface area (Å²) in [6.45, 7) is 0.404. The molecule has 12 heteroatoms. The number of nitrogens with one attached hydrogen (secondary N) is 2. The molecule has 0 atom stereocenters. The Labute approximate surface area is 239 Å². The van der Waals surface area contributed by atoms with Crippen LogP contribution in [0.1, 0.15) is 31.2 Å². The molecule has 12 nitrogen and oxygen atoms in total. The van der Waals surface area contributed by atoms with E-state index in [4.69, 9.17) is 14.5 Å². The van der Waals surface area contributed by atoms with Crippen LogP contribution in [-0.4, -0.2) is 58.8 Å². The maximum atomic E-state index is 13.1. The minimum absolute atomic E-state index is 0.109. The summed E-state index contributed by atoms with van der Waals surface area (Å²) in [5, 5.41) is 22.4. The summed E-state index contributed by atoms with van der Waals surface area (Å²) < 4.78 is 13.4. The van der Waals surface area contributed by atoms with E-state index in [2.05, 4.69) is 35.9 Å². The maximum Gasteiger partial charge on any atom is 0.281 e. The Hall–Kier alpha value is -5.39. The van der Waals surface area contributed by atoms with Crippen LogP contribution in [0.4, 0.5) is 0 Å². The van der Waals surface area contributed by atoms with Crippen molar-refractivity contribution in [2.75, 3.05) is 7.11 Å². The number of methoxy groups -OCH3 is 1. The molecule has 1 aliphatic rings. The molecule has 0 spiro atoms. The van der Waals surface area contributed by atoms with Gasteiger partial charge in [-0.2, -0.15) is 0 Å². The van der Waals surface area contributed by atoms with Crippen LogP contribution >= 0.6 is 0 Å². The van der Waals surface area contributed by atoms with Crippen molar-refractivity contribution < 1.29 is 9.47 Å². The molecule has 6 aromatic rings. The minimum atomic E-state index is -0.357. The number of rotatable bonds is 8. The van der Waals surface area contributed by atoms with Crippen LogP contribution in [0.5, 0.6) is 11.5 Å². The first kappa shape index (κ1) is 25.6. The van der Waals surface area contributed by atoms with E-state index in [1.165, 1.54) is 0 Å². The van der Waals surface area contributed by atoms with Gasteiger partial charge in [-0.15, -0.1) is 10.2 Å². The molecule has 7 rings (SSSR count). The summed E-state index contributed by atoms with van der Waals surface area (Å²) in [7, 11) is 1.63. The summed E-state index contributed by atoms with van der Waals surface area (Å²) >= 11 is 0. The highest BCUT2D eigenvalue weighted by Gasteiger charge is 2.21. The highest BCUT2D eigenvalue weighted by molar-refractivity contribution is 5.77. The van der Waals surface area contributed by atoms with Crippen molar-refractivity contribution in [1.82, 2.24) is 45.6 Å². The van der Waals surface area contributed by atoms with E-state index in [1.807, 2.05) is 66.7 Å². The summed E-state index contributed by atoms with van der Waals surface area (Å²) in [5.41, 5.74) is 4.78. The van der Waals surface area contributed by atoms with Gasteiger partial charge in [0, 0.05) is 5.56 Å². The summed E-state index contributed by atoms with van der Waals surface area (Å²) in [4.78, 5) is 20.8. The molecule has 0 unspecified atom stereocenters. The molecule has 0 radical (unpaired) electrons. The molecule has 3 aromatic heterocycles. The predicted molar refractivity (Wildman–Crippen MR) is 155 cm³/mol. The highest BCUT2D eigenvalue weighted by atomic mass is 16.5. The normalized spacial score (nSPS) is 13.5. The molecule has 0 bridgehead atoms. The minimum Gasteiger partial charge on any atom is -0.497 e. The number of fused-ring (bicyclic) bond motifs is 1. The van der Waals surface area contributed by atoms with Crippen LogP contribution in [0.2, 0.25) is 0 Å². The Kier molecular flexibility index (Phi) is 6.62. The number of aromatic amines is 2. The zero-order valence-electron chi connectivity index (χ0n) is 22.8. The number of benzene rings is 3. The van der Waals surface area contributed by atoms with Gasteiger partial charge in [-0.05, 0) is 77.1 Å². The third-order valence-corrected chi connectivity index (χ3v) is 7.53. The molecule has 3 aromatic carbocycles. The van der Waals surface area contributed by atoms with Crippen molar-refractivity contribution in [2.45, 2.75) is 38.3 Å². The van der Waals surface area contributed by atoms with Crippen molar-refractivity contribution >= 4 is 11.2 Å². The molecule has 1 fully saturated rings. The molecule has 210 valence electrons. The SMILES string of the molecule is COc1ccc(Cn2nnc3c(=O)[nH]c(-c4ccc(-c5ccc(-c6nnn[nH]6)cc5)cc4OC4CCCC4)nc32)cc1. The van der Waals surface area contributed by atoms with Crippen LogP contribution in [0.25, 0.3) is 45.1 Å². The number of aromatic nitrogens is 9. The average Bonchev–Trinajstić information content (AvgIpc) is 3.82. The first-order valence-electron chi connectivity index (χ1n) is 13.8. The lowest BCUT2D eigenvalue weighted by atomic mass is 10.0. The highest BCUT2D eigenvalue weighted by Crippen LogP contribution is 2.36. The smallest absolute Gasteiger partial charge is 0.281 e. The van der Waals surface area contributed by atoms with Gasteiger partial charge >= 0.3 is 0 Å². The van der Waals surface area contributed by atoms with E-state index in [9.17, 15) is 4.79 Å². The number of hydrogen-bond donors (Lipinski definition) is 2. The number of nitrogens with zero attached hydrogens (tertiary/aromatic N) is 7. The second kappa shape index (κ2) is 10.9. The molecule has 42 heavy (non-hydrogen) atoms. The van der Waals surface area contributed by atoms with Crippen LogP contribution < -0.4 is 15.0 Å². The van der Waals surface area contributed by atoms with Gasteiger partial charge in [0.2, 0.25) is 0 Å². The maximum absolute atomic E-state index is 13.1. The fourth-order valence-corrected chi connectivity index (χ4v) is 5.29. The monoisotopic (exact) mass is 561 g/mol. The Morgan fingerprint density at radius 3 is 2.40 bits per heavy atom. The van der Waals surface area contributed by atoms with Crippen LogP contribution in [-0.2, 0) is 6.54 Å². The van der Waals surface area contributed by atoms with Gasteiger partial charge in [0.1, 0.15) is 17.3 Å². The van der Waals surface area contributed by atoms with Crippen molar-refractivity contribution in [3.8, 4) is 45.4 Å². The first-order chi connectivity index (χ1) is 20.6.